The van der Waals surface area contributed by atoms with E-state index in [1.165, 1.54) is 0 Å². The van der Waals surface area contributed by atoms with Gasteiger partial charge >= 0.3 is 0 Å². The van der Waals surface area contributed by atoms with Crippen LogP contribution in [0.1, 0.15) is 11.1 Å². The van der Waals surface area contributed by atoms with Crippen LogP contribution >= 0.6 is 0 Å². The monoisotopic (exact) mass is 614 g/mol. The Morgan fingerprint density at radius 3 is 0.896 bits per heavy atom. The summed E-state index contributed by atoms with van der Waals surface area (Å²) in [5, 5.41) is 20.2. The van der Waals surface area contributed by atoms with Crippen LogP contribution in [0.15, 0.2) is 182 Å². The average molecular weight is 615 g/mol. The summed E-state index contributed by atoms with van der Waals surface area (Å²) in [6.07, 6.45) is 0. The largest absolute Gasteiger partial charge is 0.310 e. The molecule has 0 saturated carbocycles. The van der Waals surface area contributed by atoms with Crippen molar-refractivity contribution in [3.63, 3.8) is 0 Å². The highest BCUT2D eigenvalue weighted by Gasteiger charge is 2.18. The van der Waals surface area contributed by atoms with E-state index in [9.17, 15) is 10.5 Å². The first-order chi connectivity index (χ1) is 23.7. The molecule has 0 unspecified atom stereocenters. The van der Waals surface area contributed by atoms with Gasteiger partial charge in [0, 0.05) is 34.1 Å². The summed E-state index contributed by atoms with van der Waals surface area (Å²) >= 11 is 0. The molecule has 48 heavy (non-hydrogen) atoms. The van der Waals surface area contributed by atoms with Crippen LogP contribution in [0.25, 0.3) is 22.3 Å². The topological polar surface area (TPSA) is 54.1 Å². The Morgan fingerprint density at radius 1 is 0.312 bits per heavy atom. The highest BCUT2D eigenvalue weighted by Crippen LogP contribution is 2.42. The summed E-state index contributed by atoms with van der Waals surface area (Å²) in [7, 11) is 0. The molecular weight excluding hydrogens is 585 g/mol. The third-order valence-electron chi connectivity index (χ3n) is 8.29. The molecule has 0 atom stereocenters. The highest BCUT2D eigenvalue weighted by atomic mass is 15.1. The van der Waals surface area contributed by atoms with Gasteiger partial charge in [-0.1, -0.05) is 97.1 Å². The minimum absolute atomic E-state index is 0.344. The van der Waals surface area contributed by atoms with E-state index in [1.807, 2.05) is 97.1 Å². The molecule has 0 heterocycles. The molecule has 4 heteroatoms. The van der Waals surface area contributed by atoms with Crippen molar-refractivity contribution < 1.29 is 0 Å². The second-order valence-corrected chi connectivity index (χ2v) is 11.3. The van der Waals surface area contributed by atoms with Gasteiger partial charge in [-0.2, -0.15) is 10.5 Å². The molecule has 0 N–H and O–H groups in total. The molecule has 0 aliphatic carbocycles. The van der Waals surface area contributed by atoms with E-state index in [0.717, 1.165) is 56.4 Å². The Bertz CT molecular complexity index is 2010. The van der Waals surface area contributed by atoms with E-state index in [0.29, 0.717) is 11.1 Å². The lowest BCUT2D eigenvalue weighted by Crippen LogP contribution is -2.10. The van der Waals surface area contributed by atoms with E-state index in [1.54, 1.807) is 0 Å². The molecule has 7 aromatic carbocycles. The number of hydrogen-bond donors (Lipinski definition) is 0. The lowest BCUT2D eigenvalue weighted by molar-refractivity contribution is 1.28. The molecule has 0 saturated heterocycles. The molecular formula is C44H30N4. The fourth-order valence-electron chi connectivity index (χ4n) is 6.09. The second-order valence-electron chi connectivity index (χ2n) is 11.3. The van der Waals surface area contributed by atoms with Crippen LogP contribution in [0.2, 0.25) is 0 Å². The average Bonchev–Trinajstić information content (AvgIpc) is 3.16. The molecule has 0 amide bonds. The zero-order valence-electron chi connectivity index (χ0n) is 26.1. The molecule has 0 aliphatic heterocycles. The molecule has 0 radical (unpaired) electrons. The Hall–Kier alpha value is -6.88. The zero-order chi connectivity index (χ0) is 32.7. The van der Waals surface area contributed by atoms with Crippen LogP contribution in [0, 0.1) is 22.7 Å². The maximum atomic E-state index is 10.1. The zero-order valence-corrected chi connectivity index (χ0v) is 26.1. The van der Waals surface area contributed by atoms with E-state index in [2.05, 4.69) is 107 Å². The normalized spacial score (nSPS) is 10.5. The van der Waals surface area contributed by atoms with Crippen LogP contribution in [0.3, 0.4) is 0 Å². The second kappa shape index (κ2) is 13.6. The summed E-state index contributed by atoms with van der Waals surface area (Å²) in [6.45, 7) is 0. The van der Waals surface area contributed by atoms with Gasteiger partial charge in [0.15, 0.2) is 0 Å². The summed E-state index contributed by atoms with van der Waals surface area (Å²) < 4.78 is 0. The van der Waals surface area contributed by atoms with Gasteiger partial charge in [-0.25, -0.2) is 0 Å². The third-order valence-corrected chi connectivity index (χ3v) is 8.29. The highest BCUT2D eigenvalue weighted by molar-refractivity contribution is 5.90. The standard InChI is InChI=1S/C44H30N4/c45-31-35-29-43(33-15-13-25-41(27-33)47(37-17-5-1-6-18-37)38-19-7-2-8-20-38)44(30-36(35)32-46)34-16-14-26-42(28-34)48(39-21-9-3-10-22-39)40-23-11-4-12-24-40/h1-30H. The van der Waals surface area contributed by atoms with E-state index in [4.69, 9.17) is 0 Å². The number of anilines is 6. The maximum absolute atomic E-state index is 10.1. The number of rotatable bonds is 8. The Kier molecular flexibility index (Phi) is 8.46. The fraction of sp³-hybridized carbons (Fsp3) is 0. The number of benzene rings is 7. The molecule has 0 bridgehead atoms. The van der Waals surface area contributed by atoms with Crippen molar-refractivity contribution in [3.05, 3.63) is 193 Å². The van der Waals surface area contributed by atoms with Crippen LogP contribution in [0.4, 0.5) is 34.1 Å². The minimum Gasteiger partial charge on any atom is -0.310 e. The smallest absolute Gasteiger partial charge is 0.101 e. The van der Waals surface area contributed by atoms with Crippen molar-refractivity contribution in [2.75, 3.05) is 9.80 Å². The van der Waals surface area contributed by atoms with E-state index < -0.39 is 0 Å². The number of nitrogens with zero attached hydrogens (tertiary/aromatic N) is 4. The lowest BCUT2D eigenvalue weighted by Gasteiger charge is -2.26. The number of para-hydroxylation sites is 4. The first-order valence-corrected chi connectivity index (χ1v) is 15.7. The summed E-state index contributed by atoms with van der Waals surface area (Å²) in [6, 6.07) is 66.0. The molecule has 226 valence electrons. The predicted octanol–water partition coefficient (Wildman–Crippen LogP) is 11.7. The molecule has 0 fully saturated rings. The summed E-state index contributed by atoms with van der Waals surface area (Å²) in [5.41, 5.74) is 10.4. The van der Waals surface area contributed by atoms with Gasteiger partial charge in [-0.05, 0) is 107 Å². The molecule has 4 nitrogen and oxygen atoms in total. The van der Waals surface area contributed by atoms with E-state index in [-0.39, 0.29) is 0 Å². The van der Waals surface area contributed by atoms with Crippen LogP contribution in [-0.2, 0) is 0 Å². The van der Waals surface area contributed by atoms with Crippen LogP contribution < -0.4 is 9.80 Å². The Labute approximate surface area is 281 Å². The molecule has 0 aromatic heterocycles. The van der Waals surface area contributed by atoms with Crippen molar-refractivity contribution >= 4 is 34.1 Å². The SMILES string of the molecule is N#Cc1cc(-c2cccc(N(c3ccccc3)c3ccccc3)c2)c(-c2cccc(N(c3ccccc3)c3ccccc3)c2)cc1C#N. The number of hydrogen-bond acceptors (Lipinski definition) is 4. The molecule has 7 aromatic rings. The molecule has 0 aliphatic rings. The van der Waals surface area contributed by atoms with Crippen molar-refractivity contribution in [1.29, 1.82) is 10.5 Å². The van der Waals surface area contributed by atoms with Crippen molar-refractivity contribution in [1.82, 2.24) is 0 Å². The van der Waals surface area contributed by atoms with Crippen LogP contribution in [0.5, 0.6) is 0 Å². The van der Waals surface area contributed by atoms with Crippen molar-refractivity contribution in [2.24, 2.45) is 0 Å². The van der Waals surface area contributed by atoms with Gasteiger partial charge in [0.05, 0.1) is 11.1 Å². The van der Waals surface area contributed by atoms with Gasteiger partial charge in [0.25, 0.3) is 0 Å². The van der Waals surface area contributed by atoms with E-state index >= 15 is 0 Å². The van der Waals surface area contributed by atoms with Gasteiger partial charge in [-0.3, -0.25) is 0 Å². The van der Waals surface area contributed by atoms with Crippen LogP contribution in [-0.4, -0.2) is 0 Å². The summed E-state index contributed by atoms with van der Waals surface area (Å²) in [4.78, 5) is 4.44. The predicted molar refractivity (Wildman–Crippen MR) is 196 cm³/mol. The van der Waals surface area contributed by atoms with Gasteiger partial charge in [0.1, 0.15) is 12.1 Å². The summed E-state index contributed by atoms with van der Waals surface area (Å²) in [5.74, 6) is 0. The molecule has 7 rings (SSSR count). The third kappa shape index (κ3) is 6.03. The van der Waals surface area contributed by atoms with Gasteiger partial charge < -0.3 is 9.80 Å². The lowest BCUT2D eigenvalue weighted by atomic mass is 9.90. The van der Waals surface area contributed by atoms with Crippen molar-refractivity contribution in [3.8, 4) is 34.4 Å². The van der Waals surface area contributed by atoms with Crippen molar-refractivity contribution in [2.45, 2.75) is 0 Å². The first kappa shape index (κ1) is 29.8. The van der Waals surface area contributed by atoms with Gasteiger partial charge in [0.2, 0.25) is 0 Å². The number of nitriles is 2. The first-order valence-electron chi connectivity index (χ1n) is 15.7. The fourth-order valence-corrected chi connectivity index (χ4v) is 6.09. The Morgan fingerprint density at radius 2 is 0.604 bits per heavy atom. The minimum atomic E-state index is 0.344. The molecule has 0 spiro atoms. The quantitative estimate of drug-likeness (QED) is 0.171. The van der Waals surface area contributed by atoms with Gasteiger partial charge in [-0.15, -0.1) is 0 Å². The maximum Gasteiger partial charge on any atom is 0.101 e. The Balaban J connectivity index is 1.40.